The maximum Gasteiger partial charge on any atom is 0.435 e. The number of alkyl halides is 7. The van der Waals surface area contributed by atoms with Crippen molar-refractivity contribution in [2.75, 3.05) is 19.3 Å². The van der Waals surface area contributed by atoms with E-state index in [1.54, 1.807) is 4.90 Å². The molecule has 2 aromatic carbocycles. The zero-order chi connectivity index (χ0) is 31.5. The van der Waals surface area contributed by atoms with E-state index in [1.165, 1.54) is 36.6 Å². The first kappa shape index (κ1) is 33.9. The Labute approximate surface area is 240 Å². The summed E-state index contributed by atoms with van der Waals surface area (Å²) in [7, 11) is -4.31. The first-order valence-electron chi connectivity index (χ1n) is 12.9. The fourth-order valence-electron chi connectivity index (χ4n) is 5.02. The van der Waals surface area contributed by atoms with Crippen LogP contribution in [0.15, 0.2) is 59.5 Å². The molecule has 0 radical (unpaired) electrons. The zero-order valence-corrected chi connectivity index (χ0v) is 23.9. The van der Waals surface area contributed by atoms with Gasteiger partial charge in [0, 0.05) is 35.7 Å². The van der Waals surface area contributed by atoms with E-state index < -0.39 is 44.2 Å². The van der Waals surface area contributed by atoms with E-state index in [2.05, 4.69) is 0 Å². The van der Waals surface area contributed by atoms with Gasteiger partial charge in [-0.15, -0.1) is 0 Å². The molecule has 1 heterocycles. The van der Waals surface area contributed by atoms with Crippen LogP contribution in [0.2, 0.25) is 0 Å². The SMILES string of the molecule is CS(=O)(=O)C1CCC(C(=O)N2CCC(S(=O)c3ccc(F)cc3)C2)CC1.FC(F)(F)C(F)(c1ccccc1)C(F)(F)F. The van der Waals surface area contributed by atoms with Crippen molar-refractivity contribution in [1.82, 2.24) is 4.90 Å². The predicted octanol–water partition coefficient (Wildman–Crippen LogP) is 6.11. The highest BCUT2D eigenvalue weighted by Gasteiger charge is 2.73. The summed E-state index contributed by atoms with van der Waals surface area (Å²) in [5, 5.41) is -0.472. The Morgan fingerprint density at radius 1 is 0.833 bits per heavy atom. The highest BCUT2D eigenvalue weighted by atomic mass is 32.2. The molecule has 2 unspecified atom stereocenters. The highest BCUT2D eigenvalue weighted by Crippen LogP contribution is 2.53. The number of nitrogens with zero attached hydrogens (tertiary/aromatic N) is 1. The van der Waals surface area contributed by atoms with Crippen molar-refractivity contribution in [1.29, 1.82) is 0 Å². The van der Waals surface area contributed by atoms with E-state index in [0.29, 0.717) is 62.2 Å². The van der Waals surface area contributed by atoms with Crippen molar-refractivity contribution in [3.05, 3.63) is 66.0 Å². The topological polar surface area (TPSA) is 71.5 Å². The molecular formula is C27H29F8NO4S2. The molecule has 5 nitrogen and oxygen atoms in total. The predicted molar refractivity (Wildman–Crippen MR) is 140 cm³/mol. The quantitative estimate of drug-likeness (QED) is 0.367. The number of sulfone groups is 1. The Bertz CT molecular complexity index is 1330. The molecule has 0 N–H and O–H groups in total. The van der Waals surface area contributed by atoms with Crippen LogP contribution in [-0.2, 0) is 31.1 Å². The van der Waals surface area contributed by atoms with Gasteiger partial charge in [0.2, 0.25) is 5.91 Å². The molecule has 1 saturated heterocycles. The van der Waals surface area contributed by atoms with Gasteiger partial charge in [-0.1, -0.05) is 30.3 Å². The Balaban J connectivity index is 0.000000260. The van der Waals surface area contributed by atoms with E-state index >= 15 is 0 Å². The van der Waals surface area contributed by atoms with Gasteiger partial charge in [-0.2, -0.15) is 26.3 Å². The van der Waals surface area contributed by atoms with Crippen LogP contribution in [0.25, 0.3) is 0 Å². The van der Waals surface area contributed by atoms with Crippen molar-refractivity contribution < 1.29 is 52.5 Å². The molecule has 234 valence electrons. The fraction of sp³-hybridized carbons (Fsp3) is 0.519. The van der Waals surface area contributed by atoms with Gasteiger partial charge in [-0.05, 0) is 56.4 Å². The van der Waals surface area contributed by atoms with Gasteiger partial charge in [-0.3, -0.25) is 9.00 Å². The lowest BCUT2D eigenvalue weighted by molar-refractivity contribution is -0.348. The minimum absolute atomic E-state index is 0.0514. The summed E-state index contributed by atoms with van der Waals surface area (Å²) in [4.78, 5) is 15.1. The van der Waals surface area contributed by atoms with Crippen molar-refractivity contribution >= 4 is 26.5 Å². The summed E-state index contributed by atoms with van der Waals surface area (Å²) < 4.78 is 135. The van der Waals surface area contributed by atoms with E-state index in [0.717, 1.165) is 12.1 Å². The van der Waals surface area contributed by atoms with Crippen molar-refractivity contribution in [3.8, 4) is 0 Å². The summed E-state index contributed by atoms with van der Waals surface area (Å²) in [6.45, 7) is 1.01. The second-order valence-corrected chi connectivity index (χ2v) is 14.3. The zero-order valence-electron chi connectivity index (χ0n) is 22.3. The van der Waals surface area contributed by atoms with Gasteiger partial charge in [0.05, 0.1) is 21.3 Å². The van der Waals surface area contributed by atoms with Gasteiger partial charge in [-0.25, -0.2) is 17.2 Å². The van der Waals surface area contributed by atoms with Gasteiger partial charge >= 0.3 is 18.0 Å². The minimum Gasteiger partial charge on any atom is -0.341 e. The van der Waals surface area contributed by atoms with Crippen LogP contribution in [-0.4, -0.2) is 65.6 Å². The van der Waals surface area contributed by atoms with Crippen LogP contribution >= 0.6 is 0 Å². The summed E-state index contributed by atoms with van der Waals surface area (Å²) in [5.74, 6) is -0.444. The molecule has 1 saturated carbocycles. The number of hydrogen-bond acceptors (Lipinski definition) is 4. The second kappa shape index (κ2) is 13.0. The van der Waals surface area contributed by atoms with Crippen molar-refractivity contribution in [3.63, 3.8) is 0 Å². The molecule has 1 aliphatic carbocycles. The van der Waals surface area contributed by atoms with Crippen LogP contribution < -0.4 is 0 Å². The summed E-state index contributed by atoms with van der Waals surface area (Å²) in [6, 6.07) is 9.54. The van der Waals surface area contributed by atoms with E-state index in [1.807, 2.05) is 0 Å². The summed E-state index contributed by atoms with van der Waals surface area (Å²) in [5.41, 5.74) is -6.81. The van der Waals surface area contributed by atoms with Crippen LogP contribution in [0.4, 0.5) is 35.1 Å². The Kier molecular flexibility index (Phi) is 10.5. The molecule has 1 amide bonds. The third-order valence-corrected chi connectivity index (χ3v) is 10.8. The minimum atomic E-state index is -6.05. The highest BCUT2D eigenvalue weighted by molar-refractivity contribution is 7.91. The number of hydrogen-bond donors (Lipinski definition) is 0. The standard InChI is InChI=1S/C18H24FNO4S2.C9H5F7/c1-26(23,24)17-8-2-13(3-9-17)18(21)20-11-10-16(12-20)25(22)15-6-4-14(19)5-7-15;10-7(8(11,12)13,9(14,15)16)6-4-2-1-3-5-6/h4-7,13,16-17H,2-3,8-12H2,1H3;1-5H. The lowest BCUT2D eigenvalue weighted by Crippen LogP contribution is -2.50. The number of rotatable bonds is 5. The molecule has 2 atom stereocenters. The number of carbonyl (C=O) groups is 1. The molecule has 0 aromatic heterocycles. The van der Waals surface area contributed by atoms with Gasteiger partial charge < -0.3 is 4.90 Å². The molecule has 15 heteroatoms. The molecule has 0 bridgehead atoms. The maximum absolute atomic E-state index is 13.3. The molecule has 1 aliphatic heterocycles. The van der Waals surface area contributed by atoms with Crippen LogP contribution in [0.1, 0.15) is 37.7 Å². The third kappa shape index (κ3) is 7.69. The second-order valence-electron chi connectivity index (χ2n) is 10.3. The van der Waals surface area contributed by atoms with E-state index in [9.17, 15) is 52.5 Å². The number of amides is 1. The van der Waals surface area contributed by atoms with Gasteiger partial charge in [0.25, 0.3) is 0 Å². The Morgan fingerprint density at radius 3 is 1.83 bits per heavy atom. The Hall–Kier alpha value is -2.55. The van der Waals surface area contributed by atoms with Crippen LogP contribution in [0.5, 0.6) is 0 Å². The summed E-state index contributed by atoms with van der Waals surface area (Å²) in [6.07, 6.45) is -7.91. The average molecular weight is 648 g/mol. The van der Waals surface area contributed by atoms with E-state index in [-0.39, 0.29) is 28.1 Å². The number of benzene rings is 2. The van der Waals surface area contributed by atoms with Gasteiger partial charge in [0.15, 0.2) is 0 Å². The average Bonchev–Trinajstić information content (AvgIpc) is 3.42. The lowest BCUT2D eigenvalue weighted by Gasteiger charge is -2.30. The maximum atomic E-state index is 13.3. The normalized spacial score (nSPS) is 22.7. The summed E-state index contributed by atoms with van der Waals surface area (Å²) >= 11 is 0. The number of halogens is 8. The third-order valence-electron chi connectivity index (χ3n) is 7.39. The van der Waals surface area contributed by atoms with E-state index in [4.69, 9.17) is 0 Å². The van der Waals surface area contributed by atoms with Crippen LogP contribution in [0.3, 0.4) is 0 Å². The molecule has 2 aromatic rings. The molecule has 0 spiro atoms. The molecule has 42 heavy (non-hydrogen) atoms. The number of carbonyl (C=O) groups excluding carboxylic acids is 1. The Morgan fingerprint density at radius 2 is 1.36 bits per heavy atom. The first-order valence-corrected chi connectivity index (χ1v) is 16.0. The molecule has 2 fully saturated rings. The smallest absolute Gasteiger partial charge is 0.341 e. The lowest BCUT2D eigenvalue weighted by atomic mass is 9.88. The number of likely N-dealkylation sites (tertiary alicyclic amines) is 1. The van der Waals surface area contributed by atoms with Crippen molar-refractivity contribution in [2.24, 2.45) is 5.92 Å². The van der Waals surface area contributed by atoms with Crippen LogP contribution in [0, 0.1) is 11.7 Å². The molecular weight excluding hydrogens is 618 g/mol. The molecule has 2 aliphatic rings. The first-order chi connectivity index (χ1) is 19.4. The van der Waals surface area contributed by atoms with Gasteiger partial charge in [0.1, 0.15) is 15.7 Å². The molecule has 4 rings (SSSR count). The largest absolute Gasteiger partial charge is 0.435 e. The monoisotopic (exact) mass is 647 g/mol. The van der Waals surface area contributed by atoms with Crippen molar-refractivity contribution in [2.45, 2.75) is 65.5 Å². The fourth-order valence-corrected chi connectivity index (χ4v) is 7.57.